The van der Waals surface area contributed by atoms with Gasteiger partial charge >= 0.3 is 0 Å². The summed E-state index contributed by atoms with van der Waals surface area (Å²) in [5, 5.41) is 0. The van der Waals surface area contributed by atoms with E-state index in [1.165, 1.54) is 0 Å². The number of allylic oxidation sites excluding steroid dienone is 1. The molecule has 66 valence electrons. The molecule has 0 saturated carbocycles. The summed E-state index contributed by atoms with van der Waals surface area (Å²) in [7, 11) is 0. The lowest BCUT2D eigenvalue weighted by molar-refractivity contribution is -0.118. The van der Waals surface area contributed by atoms with Gasteiger partial charge in [-0.15, -0.1) is 6.58 Å². The summed E-state index contributed by atoms with van der Waals surface area (Å²) < 4.78 is 0. The fourth-order valence-corrected chi connectivity index (χ4v) is 0.488. The minimum absolute atomic E-state index is 0.233. The van der Waals surface area contributed by atoms with Crippen LogP contribution in [0.3, 0.4) is 0 Å². The van der Waals surface area contributed by atoms with E-state index < -0.39 is 0 Å². The Balaban J connectivity index is 0. The summed E-state index contributed by atoms with van der Waals surface area (Å²) in [5.41, 5.74) is 4.92. The zero-order valence-electron chi connectivity index (χ0n) is 7.76. The molecule has 2 N–H and O–H groups in total. The number of carbonyl (C=O) groups excluding carboxylic acids is 1. The van der Waals surface area contributed by atoms with E-state index in [-0.39, 0.29) is 5.91 Å². The molecule has 0 radical (unpaired) electrons. The van der Waals surface area contributed by atoms with Crippen LogP contribution in [0, 0.1) is 5.92 Å². The Bertz CT molecular complexity index is 110. The fraction of sp³-hybridized carbons (Fsp3) is 0.667. The number of primary amides is 1. The van der Waals surface area contributed by atoms with Crippen molar-refractivity contribution in [3.63, 3.8) is 0 Å². The lowest BCUT2D eigenvalue weighted by Gasteiger charge is -2.00. The van der Waals surface area contributed by atoms with Crippen molar-refractivity contribution in [3.8, 4) is 0 Å². The molecular weight excluding hydrogens is 138 g/mol. The second-order valence-corrected chi connectivity index (χ2v) is 2.22. The molecule has 0 bridgehead atoms. The third kappa shape index (κ3) is 12.4. The van der Waals surface area contributed by atoms with Crippen molar-refractivity contribution in [3.05, 3.63) is 12.7 Å². The van der Waals surface area contributed by atoms with Crippen LogP contribution in [0.2, 0.25) is 0 Å². The minimum Gasteiger partial charge on any atom is -0.370 e. The van der Waals surface area contributed by atoms with E-state index in [2.05, 4.69) is 6.58 Å². The summed E-state index contributed by atoms with van der Waals surface area (Å²) >= 11 is 0. The average Bonchev–Trinajstić information content (AvgIpc) is 2.04. The van der Waals surface area contributed by atoms with E-state index >= 15 is 0 Å². The normalized spacial score (nSPS) is 10.8. The molecule has 0 saturated heterocycles. The molecule has 0 fully saturated rings. The molecule has 0 aliphatic carbocycles. The van der Waals surface area contributed by atoms with Crippen LogP contribution in [0.4, 0.5) is 0 Å². The SMILES string of the molecule is C=CC(C)CCC(N)=O.CC. The van der Waals surface area contributed by atoms with Gasteiger partial charge in [0, 0.05) is 6.42 Å². The average molecular weight is 157 g/mol. The zero-order chi connectivity index (χ0) is 9.28. The van der Waals surface area contributed by atoms with Crippen molar-refractivity contribution in [2.75, 3.05) is 0 Å². The highest BCUT2D eigenvalue weighted by Gasteiger charge is 1.98. The van der Waals surface area contributed by atoms with Gasteiger partial charge in [0.2, 0.25) is 5.91 Å². The fourth-order valence-electron chi connectivity index (χ4n) is 0.488. The van der Waals surface area contributed by atoms with Crippen LogP contribution in [0.15, 0.2) is 12.7 Å². The highest BCUT2D eigenvalue weighted by Crippen LogP contribution is 2.04. The largest absolute Gasteiger partial charge is 0.370 e. The third-order valence-corrected chi connectivity index (χ3v) is 1.25. The van der Waals surface area contributed by atoms with Crippen LogP contribution < -0.4 is 5.73 Å². The second kappa shape index (κ2) is 9.21. The van der Waals surface area contributed by atoms with Crippen molar-refractivity contribution in [1.82, 2.24) is 0 Å². The molecule has 0 spiro atoms. The molecule has 0 aromatic heterocycles. The molecule has 11 heavy (non-hydrogen) atoms. The summed E-state index contributed by atoms with van der Waals surface area (Å²) in [5.74, 6) is 0.168. The smallest absolute Gasteiger partial charge is 0.217 e. The van der Waals surface area contributed by atoms with Crippen molar-refractivity contribution in [2.45, 2.75) is 33.6 Å². The number of amides is 1. The van der Waals surface area contributed by atoms with Gasteiger partial charge in [-0.2, -0.15) is 0 Å². The predicted molar refractivity (Wildman–Crippen MR) is 49.1 cm³/mol. The molecule has 1 amide bonds. The summed E-state index contributed by atoms with van der Waals surface area (Å²) in [6.07, 6.45) is 3.11. The van der Waals surface area contributed by atoms with Crippen LogP contribution in [-0.4, -0.2) is 5.91 Å². The summed E-state index contributed by atoms with van der Waals surface area (Å²) in [6.45, 7) is 9.60. The van der Waals surface area contributed by atoms with Crippen LogP contribution in [0.25, 0.3) is 0 Å². The van der Waals surface area contributed by atoms with E-state index in [9.17, 15) is 4.79 Å². The first kappa shape index (κ1) is 12.8. The van der Waals surface area contributed by atoms with Gasteiger partial charge in [0.1, 0.15) is 0 Å². The summed E-state index contributed by atoms with van der Waals surface area (Å²) in [6, 6.07) is 0. The first-order valence-electron chi connectivity index (χ1n) is 4.07. The Morgan fingerprint density at radius 3 is 2.36 bits per heavy atom. The van der Waals surface area contributed by atoms with Gasteiger partial charge in [-0.05, 0) is 12.3 Å². The van der Waals surface area contributed by atoms with Crippen molar-refractivity contribution in [2.24, 2.45) is 11.7 Å². The Kier molecular flexibility index (Phi) is 10.8. The van der Waals surface area contributed by atoms with Gasteiger partial charge < -0.3 is 5.73 Å². The molecule has 1 unspecified atom stereocenters. The first-order chi connectivity index (χ1) is 5.16. The lowest BCUT2D eigenvalue weighted by Crippen LogP contribution is -2.11. The molecule has 0 aromatic carbocycles. The Morgan fingerprint density at radius 2 is 2.09 bits per heavy atom. The molecule has 0 aliphatic rings. The van der Waals surface area contributed by atoms with Crippen LogP contribution in [0.1, 0.15) is 33.6 Å². The van der Waals surface area contributed by atoms with E-state index in [1.807, 2.05) is 26.8 Å². The minimum atomic E-state index is -0.233. The van der Waals surface area contributed by atoms with Gasteiger partial charge in [0.25, 0.3) is 0 Å². The number of hydrogen-bond acceptors (Lipinski definition) is 1. The van der Waals surface area contributed by atoms with Gasteiger partial charge in [-0.3, -0.25) is 4.79 Å². The van der Waals surface area contributed by atoms with E-state index in [0.717, 1.165) is 6.42 Å². The number of nitrogens with two attached hydrogens (primary N) is 1. The molecule has 1 atom stereocenters. The maximum absolute atomic E-state index is 10.2. The standard InChI is InChI=1S/C7H13NO.C2H6/c1-3-6(2)4-5-7(8)9;1-2/h3,6H,1,4-5H2,2H3,(H2,8,9);1-2H3. The Hall–Kier alpha value is -0.790. The molecule has 0 heterocycles. The van der Waals surface area contributed by atoms with Crippen molar-refractivity contribution >= 4 is 5.91 Å². The lowest BCUT2D eigenvalue weighted by atomic mass is 10.1. The van der Waals surface area contributed by atoms with E-state index in [0.29, 0.717) is 12.3 Å². The molecular formula is C9H19NO. The topological polar surface area (TPSA) is 43.1 Å². The first-order valence-corrected chi connectivity index (χ1v) is 4.07. The van der Waals surface area contributed by atoms with Crippen LogP contribution >= 0.6 is 0 Å². The van der Waals surface area contributed by atoms with Gasteiger partial charge in [0.05, 0.1) is 0 Å². The number of rotatable bonds is 4. The van der Waals surface area contributed by atoms with Crippen LogP contribution in [0.5, 0.6) is 0 Å². The molecule has 2 heteroatoms. The van der Waals surface area contributed by atoms with E-state index in [4.69, 9.17) is 5.73 Å². The molecule has 0 aromatic rings. The Morgan fingerprint density at radius 1 is 1.64 bits per heavy atom. The Labute approximate surface area is 69.5 Å². The van der Waals surface area contributed by atoms with Gasteiger partial charge in [-0.1, -0.05) is 26.8 Å². The number of carbonyl (C=O) groups is 1. The molecule has 2 nitrogen and oxygen atoms in total. The molecule has 0 rings (SSSR count). The van der Waals surface area contributed by atoms with E-state index in [1.54, 1.807) is 0 Å². The van der Waals surface area contributed by atoms with Gasteiger partial charge in [0.15, 0.2) is 0 Å². The highest BCUT2D eigenvalue weighted by atomic mass is 16.1. The van der Waals surface area contributed by atoms with Crippen LogP contribution in [-0.2, 0) is 4.79 Å². The maximum atomic E-state index is 10.2. The zero-order valence-corrected chi connectivity index (χ0v) is 7.76. The predicted octanol–water partition coefficient (Wildman–Crippen LogP) is 2.10. The van der Waals surface area contributed by atoms with Crippen molar-refractivity contribution < 1.29 is 4.79 Å². The number of hydrogen-bond donors (Lipinski definition) is 1. The van der Waals surface area contributed by atoms with Crippen molar-refractivity contribution in [1.29, 1.82) is 0 Å². The second-order valence-electron chi connectivity index (χ2n) is 2.22. The third-order valence-electron chi connectivity index (χ3n) is 1.25. The maximum Gasteiger partial charge on any atom is 0.217 e. The molecule has 0 aliphatic heterocycles. The summed E-state index contributed by atoms with van der Waals surface area (Å²) in [4.78, 5) is 10.2. The van der Waals surface area contributed by atoms with Gasteiger partial charge in [-0.25, -0.2) is 0 Å². The monoisotopic (exact) mass is 157 g/mol. The highest BCUT2D eigenvalue weighted by molar-refractivity contribution is 5.73. The quantitative estimate of drug-likeness (QED) is 0.624.